The van der Waals surface area contributed by atoms with E-state index in [4.69, 9.17) is 16.3 Å². The predicted octanol–water partition coefficient (Wildman–Crippen LogP) is 4.37. The van der Waals surface area contributed by atoms with Gasteiger partial charge in [0.15, 0.2) is 5.16 Å². The fourth-order valence-corrected chi connectivity index (χ4v) is 3.94. The highest BCUT2D eigenvalue weighted by atomic mass is 35.5. The van der Waals surface area contributed by atoms with Crippen LogP contribution in [0.1, 0.15) is 19.9 Å². The molecule has 3 aromatic rings. The summed E-state index contributed by atoms with van der Waals surface area (Å²) < 4.78 is 6.72. The number of nitrogens with zero attached hydrogens (tertiary/aromatic N) is 2. The van der Waals surface area contributed by atoms with Gasteiger partial charge in [0.2, 0.25) is 5.91 Å². The highest BCUT2D eigenvalue weighted by molar-refractivity contribution is 7.99. The highest BCUT2D eigenvalue weighted by Gasteiger charge is 2.15. The predicted molar refractivity (Wildman–Crippen MR) is 114 cm³/mol. The highest BCUT2D eigenvalue weighted by Crippen LogP contribution is 2.27. The summed E-state index contributed by atoms with van der Waals surface area (Å²) in [6.07, 6.45) is 0. The van der Waals surface area contributed by atoms with E-state index in [9.17, 15) is 9.59 Å². The Balaban J connectivity index is 1.79. The van der Waals surface area contributed by atoms with Gasteiger partial charge in [-0.1, -0.05) is 35.5 Å². The smallest absolute Gasteiger partial charge is 0.262 e. The topological polar surface area (TPSA) is 73.2 Å². The first-order chi connectivity index (χ1) is 13.4. The van der Waals surface area contributed by atoms with Crippen LogP contribution in [0.3, 0.4) is 0 Å². The Bertz CT molecular complexity index is 1080. The van der Waals surface area contributed by atoms with Crippen LogP contribution in [-0.2, 0) is 4.79 Å². The monoisotopic (exact) mass is 417 g/mol. The Hall–Kier alpha value is -2.51. The van der Waals surface area contributed by atoms with E-state index in [1.54, 1.807) is 34.9 Å². The molecular weight excluding hydrogens is 398 g/mol. The number of thioether (sulfide) groups is 1. The molecule has 0 fully saturated rings. The Kier molecular flexibility index (Phi) is 6.26. The zero-order chi connectivity index (χ0) is 20.3. The van der Waals surface area contributed by atoms with Crippen molar-refractivity contribution in [1.29, 1.82) is 0 Å². The van der Waals surface area contributed by atoms with Crippen LogP contribution >= 0.6 is 23.4 Å². The summed E-state index contributed by atoms with van der Waals surface area (Å²) >= 11 is 7.31. The third kappa shape index (κ3) is 4.31. The first-order valence-corrected chi connectivity index (χ1v) is 10.0. The van der Waals surface area contributed by atoms with Gasteiger partial charge in [-0.3, -0.25) is 14.2 Å². The minimum Gasteiger partial charge on any atom is -0.495 e. The molecule has 0 atom stereocenters. The molecule has 0 saturated heterocycles. The molecule has 1 N–H and O–H groups in total. The molecule has 0 spiro atoms. The number of para-hydroxylation sites is 1. The maximum Gasteiger partial charge on any atom is 0.262 e. The number of carbonyl (C=O) groups excluding carboxylic acids is 1. The van der Waals surface area contributed by atoms with Gasteiger partial charge < -0.3 is 10.1 Å². The summed E-state index contributed by atoms with van der Waals surface area (Å²) in [4.78, 5) is 29.7. The SMILES string of the molecule is COc1ccc(NC(=O)CSc2nc3ccccc3c(=O)n2C(C)C)cc1Cl. The van der Waals surface area contributed by atoms with Crippen LogP contribution < -0.4 is 15.6 Å². The zero-order valence-electron chi connectivity index (χ0n) is 15.7. The molecule has 28 heavy (non-hydrogen) atoms. The molecule has 0 unspecified atom stereocenters. The molecule has 0 aliphatic carbocycles. The number of ether oxygens (including phenoxy) is 1. The second-order valence-electron chi connectivity index (χ2n) is 6.37. The molecule has 6 nitrogen and oxygen atoms in total. The molecule has 2 aromatic carbocycles. The maximum atomic E-state index is 12.8. The van der Waals surface area contributed by atoms with Gasteiger partial charge in [-0.05, 0) is 44.2 Å². The molecule has 8 heteroatoms. The Morgan fingerprint density at radius 2 is 2.04 bits per heavy atom. The molecule has 1 amide bonds. The number of methoxy groups -OCH3 is 1. The summed E-state index contributed by atoms with van der Waals surface area (Å²) in [6.45, 7) is 3.84. The van der Waals surface area contributed by atoms with Crippen LogP contribution in [0.4, 0.5) is 5.69 Å². The maximum absolute atomic E-state index is 12.8. The van der Waals surface area contributed by atoms with Gasteiger partial charge in [-0.25, -0.2) is 4.98 Å². The average Bonchev–Trinajstić information content (AvgIpc) is 2.66. The minimum atomic E-state index is -0.219. The molecule has 0 bridgehead atoms. The number of hydrogen-bond donors (Lipinski definition) is 1. The summed E-state index contributed by atoms with van der Waals surface area (Å²) in [5.74, 6) is 0.431. The van der Waals surface area contributed by atoms with Gasteiger partial charge in [0.25, 0.3) is 5.56 Å². The second-order valence-corrected chi connectivity index (χ2v) is 7.72. The quantitative estimate of drug-likeness (QED) is 0.476. The van der Waals surface area contributed by atoms with Crippen LogP contribution in [0.2, 0.25) is 5.02 Å². The number of anilines is 1. The standard InChI is InChI=1S/C20H20ClN3O3S/c1-12(2)24-19(26)14-6-4-5-7-16(14)23-20(24)28-11-18(25)22-13-8-9-17(27-3)15(21)10-13/h4-10,12H,11H2,1-3H3,(H,22,25). The lowest BCUT2D eigenvalue weighted by atomic mass is 10.2. The van der Waals surface area contributed by atoms with E-state index < -0.39 is 0 Å². The van der Waals surface area contributed by atoms with Crippen molar-refractivity contribution >= 4 is 45.9 Å². The van der Waals surface area contributed by atoms with E-state index in [0.29, 0.717) is 32.5 Å². The van der Waals surface area contributed by atoms with Crippen molar-refractivity contribution in [3.05, 3.63) is 57.8 Å². The first kappa shape index (κ1) is 20.2. The Morgan fingerprint density at radius 1 is 1.29 bits per heavy atom. The van der Waals surface area contributed by atoms with Crippen molar-refractivity contribution in [3.63, 3.8) is 0 Å². The number of aromatic nitrogens is 2. The van der Waals surface area contributed by atoms with Crippen LogP contribution in [0, 0.1) is 0 Å². The number of nitrogens with one attached hydrogen (secondary N) is 1. The molecule has 0 radical (unpaired) electrons. The van der Waals surface area contributed by atoms with Gasteiger partial charge >= 0.3 is 0 Å². The number of halogens is 1. The van der Waals surface area contributed by atoms with Crippen molar-refractivity contribution in [2.75, 3.05) is 18.2 Å². The zero-order valence-corrected chi connectivity index (χ0v) is 17.3. The van der Waals surface area contributed by atoms with E-state index in [1.165, 1.54) is 18.9 Å². The largest absolute Gasteiger partial charge is 0.495 e. The van der Waals surface area contributed by atoms with Crippen molar-refractivity contribution in [3.8, 4) is 5.75 Å². The number of amides is 1. The number of fused-ring (bicyclic) bond motifs is 1. The molecule has 146 valence electrons. The lowest BCUT2D eigenvalue weighted by Crippen LogP contribution is -2.25. The van der Waals surface area contributed by atoms with Crippen molar-refractivity contribution in [2.45, 2.75) is 25.0 Å². The van der Waals surface area contributed by atoms with Gasteiger partial charge in [0, 0.05) is 11.7 Å². The lowest BCUT2D eigenvalue weighted by molar-refractivity contribution is -0.113. The molecule has 3 rings (SSSR count). The van der Waals surface area contributed by atoms with Gasteiger partial charge in [0.05, 0.1) is 28.8 Å². The minimum absolute atomic E-state index is 0.0736. The van der Waals surface area contributed by atoms with E-state index in [-0.39, 0.29) is 23.3 Å². The summed E-state index contributed by atoms with van der Waals surface area (Å²) in [5, 5.41) is 4.29. The number of benzene rings is 2. The Morgan fingerprint density at radius 3 is 2.71 bits per heavy atom. The third-order valence-corrected chi connectivity index (χ3v) is 5.31. The molecule has 0 aliphatic heterocycles. The number of carbonyl (C=O) groups is 1. The van der Waals surface area contributed by atoms with Gasteiger partial charge in [-0.2, -0.15) is 0 Å². The Labute approximate surface area is 171 Å². The number of rotatable bonds is 6. The fraction of sp³-hybridized carbons (Fsp3) is 0.250. The molecule has 1 heterocycles. The first-order valence-electron chi connectivity index (χ1n) is 8.68. The third-order valence-electron chi connectivity index (χ3n) is 4.06. The lowest BCUT2D eigenvalue weighted by Gasteiger charge is -2.16. The normalized spacial score (nSPS) is 11.0. The van der Waals surface area contributed by atoms with Crippen molar-refractivity contribution in [2.24, 2.45) is 0 Å². The fourth-order valence-electron chi connectivity index (χ4n) is 2.75. The van der Waals surface area contributed by atoms with Gasteiger partial charge in [0.1, 0.15) is 5.75 Å². The molecular formula is C20H20ClN3O3S. The summed E-state index contributed by atoms with van der Waals surface area (Å²) in [5.41, 5.74) is 1.09. The van der Waals surface area contributed by atoms with Crippen LogP contribution in [0.15, 0.2) is 52.4 Å². The molecule has 1 aromatic heterocycles. The van der Waals surface area contributed by atoms with Crippen LogP contribution in [-0.4, -0.2) is 28.3 Å². The van der Waals surface area contributed by atoms with Gasteiger partial charge in [-0.15, -0.1) is 0 Å². The summed E-state index contributed by atoms with van der Waals surface area (Å²) in [7, 11) is 1.53. The van der Waals surface area contributed by atoms with E-state index >= 15 is 0 Å². The summed E-state index contributed by atoms with van der Waals surface area (Å²) in [6, 6.07) is 12.2. The number of hydrogen-bond acceptors (Lipinski definition) is 5. The van der Waals surface area contributed by atoms with E-state index in [0.717, 1.165) is 0 Å². The van der Waals surface area contributed by atoms with E-state index in [2.05, 4.69) is 10.3 Å². The van der Waals surface area contributed by atoms with Crippen molar-refractivity contribution < 1.29 is 9.53 Å². The van der Waals surface area contributed by atoms with Crippen LogP contribution in [0.25, 0.3) is 10.9 Å². The van der Waals surface area contributed by atoms with E-state index in [1.807, 2.05) is 26.0 Å². The van der Waals surface area contributed by atoms with Crippen LogP contribution in [0.5, 0.6) is 5.75 Å². The second kappa shape index (κ2) is 8.67. The average molecular weight is 418 g/mol. The van der Waals surface area contributed by atoms with Crippen molar-refractivity contribution in [1.82, 2.24) is 9.55 Å². The molecule has 0 saturated carbocycles. The molecule has 0 aliphatic rings.